The van der Waals surface area contributed by atoms with E-state index in [9.17, 15) is 4.79 Å². The Morgan fingerprint density at radius 1 is 1.40 bits per heavy atom. The van der Waals surface area contributed by atoms with Gasteiger partial charge in [-0.3, -0.25) is 0 Å². The molecule has 0 aliphatic heterocycles. The molecule has 0 aliphatic rings. The third-order valence-electron chi connectivity index (χ3n) is 1.99. The summed E-state index contributed by atoms with van der Waals surface area (Å²) in [7, 11) is 0. The van der Waals surface area contributed by atoms with Gasteiger partial charge in [-0.1, -0.05) is 6.58 Å². The molecule has 0 N–H and O–H groups in total. The topological polar surface area (TPSA) is 39.4 Å². The smallest absolute Gasteiger partial charge is 0.338 e. The number of esters is 1. The lowest BCUT2D eigenvalue weighted by Gasteiger charge is -2.02. The fourth-order valence-electron chi connectivity index (χ4n) is 1.19. The summed E-state index contributed by atoms with van der Waals surface area (Å²) in [5.41, 5.74) is 1.07. The molecule has 0 bridgehead atoms. The quantitative estimate of drug-likeness (QED) is 0.427. The number of hydrogen-bond acceptors (Lipinski definition) is 3. The molecule has 1 aromatic heterocycles. The summed E-state index contributed by atoms with van der Waals surface area (Å²) in [6.45, 7) is 5.11. The number of ether oxygens (including phenoxy) is 1. The van der Waals surface area contributed by atoms with E-state index in [2.05, 4.69) is 6.58 Å². The SMILES string of the molecule is C=C(C)C(=O)Oc1ccc2ccoc2c1. The molecule has 0 unspecified atom stereocenters. The van der Waals surface area contributed by atoms with Crippen LogP contribution in [0.15, 0.2) is 47.1 Å². The first-order valence-corrected chi connectivity index (χ1v) is 4.52. The minimum absolute atomic E-state index is 0.370. The molecule has 2 aromatic rings. The molecule has 0 amide bonds. The zero-order valence-electron chi connectivity index (χ0n) is 8.32. The van der Waals surface area contributed by atoms with E-state index >= 15 is 0 Å². The van der Waals surface area contributed by atoms with Crippen LogP contribution < -0.4 is 4.74 Å². The van der Waals surface area contributed by atoms with Crippen molar-refractivity contribution in [3.63, 3.8) is 0 Å². The molecule has 15 heavy (non-hydrogen) atoms. The van der Waals surface area contributed by atoms with E-state index in [0.29, 0.717) is 16.9 Å². The van der Waals surface area contributed by atoms with Crippen LogP contribution in [0.25, 0.3) is 11.0 Å². The van der Waals surface area contributed by atoms with Crippen molar-refractivity contribution in [2.75, 3.05) is 0 Å². The Balaban J connectivity index is 2.28. The first kappa shape index (κ1) is 9.52. The number of hydrogen-bond donors (Lipinski definition) is 0. The van der Waals surface area contributed by atoms with Gasteiger partial charge in [-0.25, -0.2) is 4.79 Å². The Hall–Kier alpha value is -2.03. The second-order valence-electron chi connectivity index (χ2n) is 3.29. The van der Waals surface area contributed by atoms with E-state index in [1.54, 1.807) is 25.3 Å². The molecular formula is C12H10O3. The Labute approximate surface area is 87.0 Å². The third kappa shape index (κ3) is 1.91. The Morgan fingerprint density at radius 3 is 2.93 bits per heavy atom. The summed E-state index contributed by atoms with van der Waals surface area (Å²) in [5.74, 6) is 0.0337. The average Bonchev–Trinajstić information content (AvgIpc) is 2.64. The van der Waals surface area contributed by atoms with Crippen LogP contribution in [0.5, 0.6) is 5.75 Å². The summed E-state index contributed by atoms with van der Waals surface area (Å²) >= 11 is 0. The maximum absolute atomic E-state index is 11.2. The minimum Gasteiger partial charge on any atom is -0.464 e. The van der Waals surface area contributed by atoms with Crippen molar-refractivity contribution in [1.82, 2.24) is 0 Å². The zero-order valence-corrected chi connectivity index (χ0v) is 8.32. The molecule has 3 heteroatoms. The first-order valence-electron chi connectivity index (χ1n) is 4.52. The van der Waals surface area contributed by atoms with Gasteiger partial charge in [0.05, 0.1) is 6.26 Å². The van der Waals surface area contributed by atoms with E-state index in [-0.39, 0.29) is 0 Å². The van der Waals surface area contributed by atoms with Gasteiger partial charge in [-0.15, -0.1) is 0 Å². The van der Waals surface area contributed by atoms with Crippen LogP contribution in [0.2, 0.25) is 0 Å². The molecule has 0 atom stereocenters. The highest BCUT2D eigenvalue weighted by Gasteiger charge is 2.06. The van der Waals surface area contributed by atoms with E-state index < -0.39 is 5.97 Å². The molecule has 0 fully saturated rings. The third-order valence-corrected chi connectivity index (χ3v) is 1.99. The van der Waals surface area contributed by atoms with E-state index in [1.807, 2.05) is 12.1 Å². The van der Waals surface area contributed by atoms with Crippen molar-refractivity contribution in [2.45, 2.75) is 6.92 Å². The van der Waals surface area contributed by atoms with Gasteiger partial charge in [0.1, 0.15) is 11.3 Å². The van der Waals surface area contributed by atoms with Crippen LogP contribution in [-0.2, 0) is 4.79 Å². The number of rotatable bonds is 2. The lowest BCUT2D eigenvalue weighted by molar-refractivity contribution is -0.130. The highest BCUT2D eigenvalue weighted by atomic mass is 16.5. The number of fused-ring (bicyclic) bond motifs is 1. The van der Waals surface area contributed by atoms with E-state index in [0.717, 1.165) is 5.39 Å². The summed E-state index contributed by atoms with van der Waals surface area (Å²) in [6, 6.07) is 7.08. The second-order valence-corrected chi connectivity index (χ2v) is 3.29. The van der Waals surface area contributed by atoms with Gasteiger partial charge in [-0.2, -0.15) is 0 Å². The largest absolute Gasteiger partial charge is 0.464 e. The van der Waals surface area contributed by atoms with Crippen molar-refractivity contribution >= 4 is 16.9 Å². The standard InChI is InChI=1S/C12H10O3/c1-8(2)12(13)15-10-4-3-9-5-6-14-11(9)7-10/h3-7H,1H2,2H3. The Kier molecular flexibility index (Phi) is 2.29. The van der Waals surface area contributed by atoms with Gasteiger partial charge < -0.3 is 9.15 Å². The highest BCUT2D eigenvalue weighted by molar-refractivity contribution is 5.89. The van der Waals surface area contributed by atoms with Crippen molar-refractivity contribution in [3.8, 4) is 5.75 Å². The van der Waals surface area contributed by atoms with Crippen LogP contribution in [0.1, 0.15) is 6.92 Å². The molecule has 0 saturated heterocycles. The van der Waals surface area contributed by atoms with Gasteiger partial charge >= 0.3 is 5.97 Å². The van der Waals surface area contributed by atoms with Gasteiger partial charge in [0, 0.05) is 17.0 Å². The van der Waals surface area contributed by atoms with Crippen LogP contribution >= 0.6 is 0 Å². The van der Waals surface area contributed by atoms with Gasteiger partial charge in [-0.05, 0) is 25.1 Å². The predicted molar refractivity (Wildman–Crippen MR) is 56.7 cm³/mol. The lowest BCUT2D eigenvalue weighted by Crippen LogP contribution is -2.07. The number of carbonyl (C=O) groups excluding carboxylic acids is 1. The van der Waals surface area contributed by atoms with Crippen molar-refractivity contribution in [3.05, 3.63) is 42.7 Å². The highest BCUT2D eigenvalue weighted by Crippen LogP contribution is 2.21. The lowest BCUT2D eigenvalue weighted by atomic mass is 10.2. The summed E-state index contributed by atoms with van der Waals surface area (Å²) in [5, 5.41) is 0.977. The van der Waals surface area contributed by atoms with Gasteiger partial charge in [0.25, 0.3) is 0 Å². The molecule has 0 spiro atoms. The fourth-order valence-corrected chi connectivity index (χ4v) is 1.19. The fraction of sp³-hybridized carbons (Fsp3) is 0.0833. The van der Waals surface area contributed by atoms with Crippen molar-refractivity contribution < 1.29 is 13.9 Å². The van der Waals surface area contributed by atoms with Crippen LogP contribution in [0.4, 0.5) is 0 Å². The van der Waals surface area contributed by atoms with E-state index in [1.165, 1.54) is 0 Å². The van der Waals surface area contributed by atoms with Crippen molar-refractivity contribution in [2.24, 2.45) is 0 Å². The van der Waals surface area contributed by atoms with Gasteiger partial charge in [0.2, 0.25) is 0 Å². The monoisotopic (exact) mass is 202 g/mol. The molecule has 1 heterocycles. The first-order chi connectivity index (χ1) is 7.16. The molecular weight excluding hydrogens is 192 g/mol. The zero-order chi connectivity index (χ0) is 10.8. The number of furan rings is 1. The Morgan fingerprint density at radius 2 is 2.20 bits per heavy atom. The summed E-state index contributed by atoms with van der Waals surface area (Å²) in [6.07, 6.45) is 1.59. The normalized spacial score (nSPS) is 10.2. The maximum atomic E-state index is 11.2. The van der Waals surface area contributed by atoms with Crippen LogP contribution in [0.3, 0.4) is 0 Å². The van der Waals surface area contributed by atoms with Crippen LogP contribution in [-0.4, -0.2) is 5.97 Å². The maximum Gasteiger partial charge on any atom is 0.338 e. The molecule has 0 radical (unpaired) electrons. The van der Waals surface area contributed by atoms with Crippen molar-refractivity contribution in [1.29, 1.82) is 0 Å². The minimum atomic E-state index is -0.430. The summed E-state index contributed by atoms with van der Waals surface area (Å²) < 4.78 is 10.2. The molecule has 1 aromatic carbocycles. The molecule has 0 saturated carbocycles. The number of carbonyl (C=O) groups is 1. The van der Waals surface area contributed by atoms with Crippen LogP contribution in [0, 0.1) is 0 Å². The molecule has 76 valence electrons. The van der Waals surface area contributed by atoms with E-state index in [4.69, 9.17) is 9.15 Å². The average molecular weight is 202 g/mol. The Bertz CT molecular complexity index is 522. The predicted octanol–water partition coefficient (Wildman–Crippen LogP) is 2.91. The molecule has 2 rings (SSSR count). The molecule has 3 nitrogen and oxygen atoms in total. The van der Waals surface area contributed by atoms with Gasteiger partial charge in [0.15, 0.2) is 0 Å². The summed E-state index contributed by atoms with van der Waals surface area (Å²) in [4.78, 5) is 11.2. The second kappa shape index (κ2) is 3.61. The number of benzene rings is 1. The molecule has 0 aliphatic carbocycles.